The van der Waals surface area contributed by atoms with Crippen LogP contribution in [-0.2, 0) is 13.0 Å². The predicted octanol–water partition coefficient (Wildman–Crippen LogP) is 3.35. The minimum atomic E-state index is -0.00740. The van der Waals surface area contributed by atoms with Gasteiger partial charge in [-0.1, -0.05) is 18.6 Å². The molecule has 2 heterocycles. The zero-order chi connectivity index (χ0) is 14.5. The molecule has 3 rings (SSSR count). The summed E-state index contributed by atoms with van der Waals surface area (Å²) in [5.41, 5.74) is 2.03. The summed E-state index contributed by atoms with van der Waals surface area (Å²) >= 11 is 0. The van der Waals surface area contributed by atoms with Gasteiger partial charge in [0, 0.05) is 12.1 Å². The zero-order valence-corrected chi connectivity index (χ0v) is 12.9. The zero-order valence-electron chi connectivity index (χ0n) is 12.9. The van der Waals surface area contributed by atoms with E-state index in [1.807, 2.05) is 6.07 Å². The molecule has 2 saturated heterocycles. The molecule has 1 aromatic carbocycles. The van der Waals surface area contributed by atoms with Gasteiger partial charge in [0.15, 0.2) is 0 Å². The fraction of sp³-hybridized carbons (Fsp3) is 0.667. The highest BCUT2D eigenvalue weighted by Crippen LogP contribution is 2.21. The highest BCUT2D eigenvalue weighted by Gasteiger charge is 2.16. The van der Waals surface area contributed by atoms with Crippen molar-refractivity contribution in [1.82, 2.24) is 10.2 Å². The van der Waals surface area contributed by atoms with E-state index in [2.05, 4.69) is 16.3 Å². The van der Waals surface area contributed by atoms with Crippen molar-refractivity contribution in [3.8, 4) is 0 Å². The second-order valence-corrected chi connectivity index (χ2v) is 6.66. The first-order chi connectivity index (χ1) is 10.3. The van der Waals surface area contributed by atoms with Gasteiger partial charge in [0.05, 0.1) is 0 Å². The van der Waals surface area contributed by atoms with Crippen LogP contribution >= 0.6 is 0 Å². The fourth-order valence-electron chi connectivity index (χ4n) is 3.62. The maximum absolute atomic E-state index is 14.3. The van der Waals surface area contributed by atoms with Crippen LogP contribution in [0.3, 0.4) is 0 Å². The van der Waals surface area contributed by atoms with Crippen LogP contribution in [0.4, 0.5) is 4.39 Å². The summed E-state index contributed by atoms with van der Waals surface area (Å²) in [7, 11) is 0. The van der Waals surface area contributed by atoms with Crippen molar-refractivity contribution in [3.63, 3.8) is 0 Å². The number of hydrogen-bond donors (Lipinski definition) is 1. The van der Waals surface area contributed by atoms with Crippen molar-refractivity contribution in [2.24, 2.45) is 5.92 Å². The molecular formula is C18H27FN2. The third kappa shape index (κ3) is 4.27. The van der Waals surface area contributed by atoms with Crippen molar-refractivity contribution in [2.45, 2.75) is 45.1 Å². The summed E-state index contributed by atoms with van der Waals surface area (Å²) < 4.78 is 14.3. The molecule has 116 valence electrons. The van der Waals surface area contributed by atoms with Gasteiger partial charge in [0.1, 0.15) is 5.82 Å². The van der Waals surface area contributed by atoms with Crippen LogP contribution in [0.2, 0.25) is 0 Å². The lowest BCUT2D eigenvalue weighted by molar-refractivity contribution is 0.218. The lowest BCUT2D eigenvalue weighted by Crippen LogP contribution is -2.29. The number of benzene rings is 1. The Morgan fingerprint density at radius 1 is 1.10 bits per heavy atom. The molecule has 0 atom stereocenters. The summed E-state index contributed by atoms with van der Waals surface area (Å²) in [6, 6.07) is 5.94. The number of hydrogen-bond acceptors (Lipinski definition) is 2. The first-order valence-electron chi connectivity index (χ1n) is 8.51. The average molecular weight is 290 g/mol. The Kier molecular flexibility index (Phi) is 5.26. The first-order valence-corrected chi connectivity index (χ1v) is 8.51. The van der Waals surface area contributed by atoms with Gasteiger partial charge in [-0.2, -0.15) is 0 Å². The molecule has 1 N–H and O–H groups in total. The fourth-order valence-corrected chi connectivity index (χ4v) is 3.62. The summed E-state index contributed by atoms with van der Waals surface area (Å²) in [5.74, 6) is 0.714. The molecule has 0 radical (unpaired) electrons. The molecule has 0 aromatic heterocycles. The molecule has 2 aliphatic heterocycles. The molecule has 2 aliphatic rings. The maximum Gasteiger partial charge on any atom is 0.127 e. The highest BCUT2D eigenvalue weighted by molar-refractivity contribution is 5.25. The normalized spacial score (nSPS) is 21.6. The van der Waals surface area contributed by atoms with Crippen LogP contribution in [0.25, 0.3) is 0 Å². The second-order valence-electron chi connectivity index (χ2n) is 6.66. The van der Waals surface area contributed by atoms with Gasteiger partial charge in [0.2, 0.25) is 0 Å². The summed E-state index contributed by atoms with van der Waals surface area (Å²) in [6.07, 6.45) is 7.32. The predicted molar refractivity (Wildman–Crippen MR) is 84.8 cm³/mol. The molecule has 2 fully saturated rings. The molecule has 3 heteroatoms. The Morgan fingerprint density at radius 3 is 2.57 bits per heavy atom. The first kappa shape index (κ1) is 15.0. The maximum atomic E-state index is 14.3. The largest absolute Gasteiger partial charge is 0.317 e. The van der Waals surface area contributed by atoms with Gasteiger partial charge in [-0.05, 0) is 75.8 Å². The highest BCUT2D eigenvalue weighted by atomic mass is 19.1. The van der Waals surface area contributed by atoms with Crippen molar-refractivity contribution < 1.29 is 4.39 Å². The Bertz CT molecular complexity index is 449. The molecular weight excluding hydrogens is 263 g/mol. The molecule has 21 heavy (non-hydrogen) atoms. The lowest BCUT2D eigenvalue weighted by Gasteiger charge is -2.27. The Morgan fingerprint density at radius 2 is 1.86 bits per heavy atom. The average Bonchev–Trinajstić information content (AvgIpc) is 2.52. The molecule has 0 amide bonds. The SMILES string of the molecule is Fc1cc(CC2CCNCC2)ccc1CN1CCCCC1. The monoisotopic (exact) mass is 290 g/mol. The van der Waals surface area contributed by atoms with Gasteiger partial charge in [-0.15, -0.1) is 0 Å². The molecule has 0 bridgehead atoms. The van der Waals surface area contributed by atoms with E-state index < -0.39 is 0 Å². The van der Waals surface area contributed by atoms with E-state index >= 15 is 0 Å². The number of rotatable bonds is 4. The minimum Gasteiger partial charge on any atom is -0.317 e. The van der Waals surface area contributed by atoms with Gasteiger partial charge in [-0.25, -0.2) is 4.39 Å². The van der Waals surface area contributed by atoms with E-state index in [1.165, 1.54) is 37.7 Å². The van der Waals surface area contributed by atoms with E-state index in [9.17, 15) is 4.39 Å². The van der Waals surface area contributed by atoms with Crippen molar-refractivity contribution >= 4 is 0 Å². The Balaban J connectivity index is 1.59. The van der Waals surface area contributed by atoms with E-state index in [0.717, 1.165) is 50.6 Å². The number of halogens is 1. The molecule has 0 spiro atoms. The Labute approximate surface area is 127 Å². The number of nitrogens with zero attached hydrogens (tertiary/aromatic N) is 1. The summed E-state index contributed by atoms with van der Waals surface area (Å²) in [4.78, 5) is 2.38. The summed E-state index contributed by atoms with van der Waals surface area (Å²) in [5, 5.41) is 3.39. The van der Waals surface area contributed by atoms with Gasteiger partial charge in [-0.3, -0.25) is 4.90 Å². The minimum absolute atomic E-state index is 0.00740. The molecule has 1 aromatic rings. The van der Waals surface area contributed by atoms with Crippen LogP contribution in [0.15, 0.2) is 18.2 Å². The molecule has 0 aliphatic carbocycles. The van der Waals surface area contributed by atoms with E-state index in [0.29, 0.717) is 0 Å². The number of piperidine rings is 2. The lowest BCUT2D eigenvalue weighted by atomic mass is 9.90. The van der Waals surface area contributed by atoms with Crippen molar-refractivity contribution in [1.29, 1.82) is 0 Å². The van der Waals surface area contributed by atoms with Crippen molar-refractivity contribution in [2.75, 3.05) is 26.2 Å². The van der Waals surface area contributed by atoms with Gasteiger partial charge in [0.25, 0.3) is 0 Å². The quantitative estimate of drug-likeness (QED) is 0.915. The van der Waals surface area contributed by atoms with Crippen LogP contribution in [0, 0.1) is 11.7 Å². The van der Waals surface area contributed by atoms with Gasteiger partial charge >= 0.3 is 0 Å². The van der Waals surface area contributed by atoms with Gasteiger partial charge < -0.3 is 5.32 Å². The molecule has 0 unspecified atom stereocenters. The van der Waals surface area contributed by atoms with E-state index in [-0.39, 0.29) is 5.82 Å². The smallest absolute Gasteiger partial charge is 0.127 e. The molecule has 0 saturated carbocycles. The topological polar surface area (TPSA) is 15.3 Å². The van der Waals surface area contributed by atoms with Crippen LogP contribution in [0.5, 0.6) is 0 Å². The summed E-state index contributed by atoms with van der Waals surface area (Å²) in [6.45, 7) is 5.24. The third-order valence-corrected chi connectivity index (χ3v) is 4.94. The molecule has 2 nitrogen and oxygen atoms in total. The van der Waals surface area contributed by atoms with Crippen LogP contribution in [-0.4, -0.2) is 31.1 Å². The van der Waals surface area contributed by atoms with Crippen LogP contribution in [0.1, 0.15) is 43.2 Å². The standard InChI is InChI=1S/C18H27FN2/c19-18-13-16(12-15-6-8-20-9-7-15)4-5-17(18)14-21-10-2-1-3-11-21/h4-5,13,15,20H,1-3,6-12,14H2. The van der Waals surface area contributed by atoms with Crippen molar-refractivity contribution in [3.05, 3.63) is 35.1 Å². The van der Waals surface area contributed by atoms with Crippen LogP contribution < -0.4 is 5.32 Å². The third-order valence-electron chi connectivity index (χ3n) is 4.94. The Hall–Kier alpha value is -0.930. The van der Waals surface area contributed by atoms with E-state index in [4.69, 9.17) is 0 Å². The second kappa shape index (κ2) is 7.37. The number of likely N-dealkylation sites (tertiary alicyclic amines) is 1. The number of nitrogens with one attached hydrogen (secondary N) is 1. The van der Waals surface area contributed by atoms with E-state index in [1.54, 1.807) is 6.07 Å².